The van der Waals surface area contributed by atoms with Gasteiger partial charge < -0.3 is 5.32 Å². The van der Waals surface area contributed by atoms with Gasteiger partial charge in [0, 0.05) is 20.0 Å². The van der Waals surface area contributed by atoms with Gasteiger partial charge in [0.15, 0.2) is 0 Å². The zero-order chi connectivity index (χ0) is 13.4. The molecule has 0 aliphatic carbocycles. The van der Waals surface area contributed by atoms with Crippen LogP contribution in [0.25, 0.3) is 0 Å². The van der Waals surface area contributed by atoms with E-state index in [1.165, 1.54) is 4.90 Å². The Labute approximate surface area is 112 Å². The quantitative estimate of drug-likeness (QED) is 0.684. The van der Waals surface area contributed by atoms with Gasteiger partial charge in [-0.25, -0.2) is 0 Å². The van der Waals surface area contributed by atoms with Gasteiger partial charge in [-0.1, -0.05) is 31.0 Å². The molecule has 1 aliphatic rings. The molecule has 0 aromatic rings. The number of unbranched alkanes of at least 4 members (excludes halogenated alkanes) is 4. The molecule has 18 heavy (non-hydrogen) atoms. The fourth-order valence-electron chi connectivity index (χ4n) is 1.81. The molecule has 3 amide bonds. The maximum Gasteiger partial charge on any atom is 0.288 e. The Morgan fingerprint density at radius 2 is 1.89 bits per heavy atom. The van der Waals surface area contributed by atoms with Gasteiger partial charge in [0.25, 0.3) is 5.24 Å². The number of carbonyl (C=O) groups excluding carboxylic acids is 3. The van der Waals surface area contributed by atoms with Gasteiger partial charge in [-0.15, -0.1) is 0 Å². The molecule has 6 heteroatoms. The van der Waals surface area contributed by atoms with Gasteiger partial charge in [-0.2, -0.15) is 0 Å². The van der Waals surface area contributed by atoms with E-state index in [9.17, 15) is 14.4 Å². The Hall–Kier alpha value is -1.04. The molecule has 1 N–H and O–H groups in total. The highest BCUT2D eigenvalue weighted by Gasteiger charge is 2.28. The topological polar surface area (TPSA) is 66.5 Å². The summed E-state index contributed by atoms with van der Waals surface area (Å²) in [6, 6.07) is 0. The lowest BCUT2D eigenvalue weighted by Crippen LogP contribution is -2.29. The smallest absolute Gasteiger partial charge is 0.288 e. The van der Waals surface area contributed by atoms with Crippen molar-refractivity contribution in [2.75, 3.05) is 19.3 Å². The van der Waals surface area contributed by atoms with E-state index >= 15 is 0 Å². The minimum Gasteiger partial charge on any atom is -0.359 e. The third-order valence-electron chi connectivity index (χ3n) is 2.90. The van der Waals surface area contributed by atoms with Crippen LogP contribution >= 0.6 is 11.8 Å². The van der Waals surface area contributed by atoms with Crippen molar-refractivity contribution >= 4 is 28.8 Å². The maximum absolute atomic E-state index is 11.3. The summed E-state index contributed by atoms with van der Waals surface area (Å²) in [5, 5.41) is 2.48. The van der Waals surface area contributed by atoms with Gasteiger partial charge in [0.1, 0.15) is 0 Å². The fraction of sp³-hybridized carbons (Fsp3) is 0.750. The molecule has 0 atom stereocenters. The number of thioether (sulfide) groups is 1. The number of imide groups is 1. The number of amides is 3. The number of hydrogen-bond donors (Lipinski definition) is 1. The molecular weight excluding hydrogens is 252 g/mol. The summed E-state index contributed by atoms with van der Waals surface area (Å²) < 4.78 is 0. The molecule has 0 unspecified atom stereocenters. The summed E-state index contributed by atoms with van der Waals surface area (Å²) in [7, 11) is 1.64. The molecule has 1 rings (SSSR count). The number of carbonyl (C=O) groups is 3. The average Bonchev–Trinajstić information content (AvgIpc) is 2.68. The van der Waals surface area contributed by atoms with Gasteiger partial charge in [-0.05, 0) is 12.8 Å². The Morgan fingerprint density at radius 1 is 1.22 bits per heavy atom. The highest BCUT2D eigenvalue weighted by atomic mass is 32.2. The molecule has 0 saturated carbocycles. The Morgan fingerprint density at radius 3 is 2.50 bits per heavy atom. The van der Waals surface area contributed by atoms with Crippen molar-refractivity contribution in [2.24, 2.45) is 0 Å². The standard InChI is InChI=1S/C12H20N2O3S/c1-13-10(15)7-5-3-2-4-6-8-14-11(16)9-18-12(14)17/h2-9H2,1H3,(H,13,15). The van der Waals surface area contributed by atoms with Crippen molar-refractivity contribution in [1.82, 2.24) is 10.2 Å². The summed E-state index contributed by atoms with van der Waals surface area (Å²) in [6.07, 6.45) is 5.39. The van der Waals surface area contributed by atoms with Crippen LogP contribution in [-0.2, 0) is 9.59 Å². The second-order valence-corrected chi connectivity index (χ2v) is 5.22. The van der Waals surface area contributed by atoms with Crippen LogP contribution in [0.4, 0.5) is 4.79 Å². The molecule has 1 fully saturated rings. The first-order chi connectivity index (χ1) is 8.65. The summed E-state index contributed by atoms with van der Waals surface area (Å²) in [5.41, 5.74) is 0. The molecule has 1 aliphatic heterocycles. The van der Waals surface area contributed by atoms with Crippen LogP contribution < -0.4 is 5.32 Å². The van der Waals surface area contributed by atoms with Crippen LogP contribution in [0.15, 0.2) is 0 Å². The van der Waals surface area contributed by atoms with Gasteiger partial charge in [0.2, 0.25) is 11.8 Å². The second-order valence-electron chi connectivity index (χ2n) is 4.29. The normalized spacial score (nSPS) is 15.3. The van der Waals surface area contributed by atoms with Crippen LogP contribution in [0.5, 0.6) is 0 Å². The molecule has 0 radical (unpaired) electrons. The minimum atomic E-state index is -0.111. The number of rotatable bonds is 8. The van der Waals surface area contributed by atoms with Crippen molar-refractivity contribution in [3.8, 4) is 0 Å². The monoisotopic (exact) mass is 272 g/mol. The molecule has 102 valence electrons. The molecule has 0 bridgehead atoms. The Kier molecular flexibility index (Phi) is 6.78. The summed E-state index contributed by atoms with van der Waals surface area (Å²) >= 11 is 1.08. The maximum atomic E-state index is 11.3. The van der Waals surface area contributed by atoms with Gasteiger partial charge in [0.05, 0.1) is 5.75 Å². The lowest BCUT2D eigenvalue weighted by atomic mass is 10.1. The molecule has 0 aromatic heterocycles. The van der Waals surface area contributed by atoms with Crippen molar-refractivity contribution < 1.29 is 14.4 Å². The first-order valence-corrected chi connectivity index (χ1v) is 7.31. The third kappa shape index (κ3) is 5.08. The Balaban J connectivity index is 1.97. The Bertz CT molecular complexity index is 304. The lowest BCUT2D eigenvalue weighted by Gasteiger charge is -2.11. The van der Waals surface area contributed by atoms with E-state index < -0.39 is 0 Å². The number of nitrogens with zero attached hydrogens (tertiary/aromatic N) is 1. The van der Waals surface area contributed by atoms with Crippen LogP contribution in [0, 0.1) is 0 Å². The second kappa shape index (κ2) is 8.13. The SMILES string of the molecule is CNC(=O)CCCCCCCN1C(=O)CSC1=O. The summed E-state index contributed by atoms with van der Waals surface area (Å²) in [5.74, 6) is 0.315. The molecular formula is C12H20N2O3S. The molecule has 0 spiro atoms. The molecule has 5 nitrogen and oxygen atoms in total. The van der Waals surface area contributed by atoms with Crippen LogP contribution in [0.3, 0.4) is 0 Å². The van der Waals surface area contributed by atoms with Gasteiger partial charge >= 0.3 is 0 Å². The molecule has 1 saturated heterocycles. The van der Waals surface area contributed by atoms with Crippen molar-refractivity contribution in [1.29, 1.82) is 0 Å². The predicted octanol–water partition coefficient (Wildman–Crippen LogP) is 1.77. The van der Waals surface area contributed by atoms with Gasteiger partial charge in [-0.3, -0.25) is 19.3 Å². The van der Waals surface area contributed by atoms with Crippen molar-refractivity contribution in [2.45, 2.75) is 38.5 Å². The number of hydrogen-bond acceptors (Lipinski definition) is 4. The van der Waals surface area contributed by atoms with Crippen LogP contribution in [-0.4, -0.2) is 41.3 Å². The minimum absolute atomic E-state index is 0.0652. The van der Waals surface area contributed by atoms with E-state index in [0.717, 1.165) is 43.9 Å². The molecule has 1 heterocycles. The van der Waals surface area contributed by atoms with E-state index in [2.05, 4.69) is 5.32 Å². The average molecular weight is 272 g/mol. The first kappa shape index (κ1) is 15.0. The van der Waals surface area contributed by atoms with E-state index in [1.54, 1.807) is 7.05 Å². The van der Waals surface area contributed by atoms with Crippen molar-refractivity contribution in [3.05, 3.63) is 0 Å². The molecule has 0 aromatic carbocycles. The van der Waals surface area contributed by atoms with Crippen LogP contribution in [0.2, 0.25) is 0 Å². The van der Waals surface area contributed by atoms with E-state index in [-0.39, 0.29) is 17.1 Å². The zero-order valence-corrected chi connectivity index (χ0v) is 11.6. The highest BCUT2D eigenvalue weighted by molar-refractivity contribution is 8.14. The zero-order valence-electron chi connectivity index (χ0n) is 10.7. The van der Waals surface area contributed by atoms with E-state index in [4.69, 9.17) is 0 Å². The predicted molar refractivity (Wildman–Crippen MR) is 71.3 cm³/mol. The lowest BCUT2D eigenvalue weighted by molar-refractivity contribution is -0.124. The van der Waals surface area contributed by atoms with E-state index in [1.807, 2.05) is 0 Å². The van der Waals surface area contributed by atoms with E-state index in [0.29, 0.717) is 18.7 Å². The largest absolute Gasteiger partial charge is 0.359 e. The van der Waals surface area contributed by atoms with Crippen LogP contribution in [0.1, 0.15) is 38.5 Å². The number of nitrogens with one attached hydrogen (secondary N) is 1. The van der Waals surface area contributed by atoms with Crippen molar-refractivity contribution in [3.63, 3.8) is 0 Å². The highest BCUT2D eigenvalue weighted by Crippen LogP contribution is 2.19. The summed E-state index contributed by atoms with van der Waals surface area (Å²) in [6.45, 7) is 0.542. The third-order valence-corrected chi connectivity index (χ3v) is 3.76. The summed E-state index contributed by atoms with van der Waals surface area (Å²) in [4.78, 5) is 34.9. The fourth-order valence-corrected chi connectivity index (χ4v) is 2.56. The first-order valence-electron chi connectivity index (χ1n) is 6.33.